The number of carbonyl (C=O) groups excluding carboxylic acids is 1. The van der Waals surface area contributed by atoms with Crippen LogP contribution in [0.15, 0.2) is 23.4 Å². The molecule has 0 spiro atoms. The van der Waals surface area contributed by atoms with Gasteiger partial charge in [-0.2, -0.15) is 0 Å². The molecule has 2 aromatic heterocycles. The maximum absolute atomic E-state index is 12.2. The summed E-state index contributed by atoms with van der Waals surface area (Å²) in [6.45, 7) is 4.66. The zero-order valence-electron chi connectivity index (χ0n) is 16.6. The smallest absolute Gasteiger partial charge is 0.236 e. The number of carbonyl (C=O) groups is 1. The van der Waals surface area contributed by atoms with E-state index in [0.717, 1.165) is 17.0 Å². The molecule has 1 aromatic carbocycles. The normalized spacial score (nSPS) is 10.8. The van der Waals surface area contributed by atoms with Crippen LogP contribution in [-0.4, -0.2) is 50.8 Å². The molecule has 3 rings (SSSR count). The first-order chi connectivity index (χ1) is 14.1. The van der Waals surface area contributed by atoms with Crippen molar-refractivity contribution >= 4 is 34.1 Å². The van der Waals surface area contributed by atoms with Crippen molar-refractivity contribution in [2.45, 2.75) is 32.0 Å². The molecule has 9 nitrogen and oxygen atoms in total. The van der Waals surface area contributed by atoms with Gasteiger partial charge in [-0.1, -0.05) is 30.0 Å². The Labute approximate surface area is 176 Å². The Balaban J connectivity index is 1.71. The molecule has 0 aliphatic rings. The number of thioether (sulfide) groups is 1. The van der Waals surface area contributed by atoms with E-state index in [1.54, 1.807) is 14.2 Å². The fourth-order valence-electron chi connectivity index (χ4n) is 2.60. The van der Waals surface area contributed by atoms with Crippen LogP contribution in [0.2, 0.25) is 0 Å². The first-order valence-electron chi connectivity index (χ1n) is 9.00. The third-order valence-electron chi connectivity index (χ3n) is 4.02. The topological polar surface area (TPSA) is 104 Å². The average molecular weight is 435 g/mol. The van der Waals surface area contributed by atoms with Crippen LogP contribution in [0.3, 0.4) is 0 Å². The molecule has 1 N–H and O–H groups in total. The van der Waals surface area contributed by atoms with E-state index in [1.807, 2.05) is 36.6 Å². The molecule has 0 bridgehead atoms. The van der Waals surface area contributed by atoms with Crippen LogP contribution < -0.4 is 14.8 Å². The van der Waals surface area contributed by atoms with Gasteiger partial charge in [0.15, 0.2) is 22.5 Å². The van der Waals surface area contributed by atoms with Crippen molar-refractivity contribution in [1.29, 1.82) is 0 Å². The summed E-state index contributed by atoms with van der Waals surface area (Å²) in [5.74, 6) is 2.01. The standard InChI is InChI=1S/C18H22N6O3S2/c1-5-15-20-22-17(29-15)19-14(25)10-28-18-23-21-16(24(18)6-2)11-7-8-12(26-3)13(9-11)27-4/h7-9H,5-6,10H2,1-4H3,(H,19,22,25). The molecule has 2 heterocycles. The Morgan fingerprint density at radius 1 is 1.14 bits per heavy atom. The van der Waals surface area contributed by atoms with Crippen LogP contribution in [0.25, 0.3) is 11.4 Å². The number of hydrogen-bond donors (Lipinski definition) is 1. The number of nitrogens with one attached hydrogen (secondary N) is 1. The van der Waals surface area contributed by atoms with Crippen LogP contribution in [0.5, 0.6) is 11.5 Å². The molecule has 11 heteroatoms. The summed E-state index contributed by atoms with van der Waals surface area (Å²) in [7, 11) is 3.18. The van der Waals surface area contributed by atoms with Crippen molar-refractivity contribution in [3.63, 3.8) is 0 Å². The number of anilines is 1. The van der Waals surface area contributed by atoms with Gasteiger partial charge in [0, 0.05) is 12.1 Å². The van der Waals surface area contributed by atoms with Crippen LogP contribution >= 0.6 is 23.1 Å². The molecule has 0 saturated carbocycles. The molecule has 0 saturated heterocycles. The highest BCUT2D eigenvalue weighted by Gasteiger charge is 2.17. The monoisotopic (exact) mass is 434 g/mol. The van der Waals surface area contributed by atoms with Crippen molar-refractivity contribution in [3.05, 3.63) is 23.2 Å². The fraction of sp³-hybridized carbons (Fsp3) is 0.389. The van der Waals surface area contributed by atoms with Crippen molar-refractivity contribution in [1.82, 2.24) is 25.0 Å². The van der Waals surface area contributed by atoms with Crippen molar-refractivity contribution in [2.75, 3.05) is 25.3 Å². The molecule has 0 aliphatic heterocycles. The van der Waals surface area contributed by atoms with Gasteiger partial charge in [-0.25, -0.2) is 0 Å². The third-order valence-corrected chi connectivity index (χ3v) is 5.97. The van der Waals surface area contributed by atoms with Gasteiger partial charge in [0.2, 0.25) is 11.0 Å². The minimum absolute atomic E-state index is 0.160. The minimum atomic E-state index is -0.160. The Bertz CT molecular complexity index is 988. The number of aromatic nitrogens is 5. The second-order valence-electron chi connectivity index (χ2n) is 5.81. The molecular weight excluding hydrogens is 412 g/mol. The lowest BCUT2D eigenvalue weighted by atomic mass is 10.2. The lowest BCUT2D eigenvalue weighted by molar-refractivity contribution is -0.113. The first kappa shape index (κ1) is 21.1. The molecule has 29 heavy (non-hydrogen) atoms. The van der Waals surface area contributed by atoms with Gasteiger partial charge in [0.25, 0.3) is 0 Å². The molecule has 0 radical (unpaired) electrons. The molecule has 0 atom stereocenters. The largest absolute Gasteiger partial charge is 0.493 e. The van der Waals surface area contributed by atoms with Crippen LogP contribution in [-0.2, 0) is 17.8 Å². The predicted molar refractivity (Wildman–Crippen MR) is 113 cm³/mol. The number of hydrogen-bond acceptors (Lipinski definition) is 9. The second kappa shape index (κ2) is 9.70. The summed E-state index contributed by atoms with van der Waals surface area (Å²) in [6, 6.07) is 5.59. The maximum atomic E-state index is 12.2. The number of amides is 1. The van der Waals surface area contributed by atoms with Gasteiger partial charge in [-0.15, -0.1) is 20.4 Å². The number of benzene rings is 1. The average Bonchev–Trinajstić information content (AvgIpc) is 3.37. The van der Waals surface area contributed by atoms with E-state index in [1.165, 1.54) is 23.1 Å². The summed E-state index contributed by atoms with van der Waals surface area (Å²) in [5.41, 5.74) is 0.856. The van der Waals surface area contributed by atoms with E-state index in [9.17, 15) is 4.79 Å². The highest BCUT2D eigenvalue weighted by molar-refractivity contribution is 7.99. The quantitative estimate of drug-likeness (QED) is 0.512. The van der Waals surface area contributed by atoms with Gasteiger partial charge in [-0.05, 0) is 31.5 Å². The molecule has 0 unspecified atom stereocenters. The van der Waals surface area contributed by atoms with Crippen molar-refractivity contribution in [2.24, 2.45) is 0 Å². The molecular formula is C18H22N6O3S2. The number of methoxy groups -OCH3 is 2. The van der Waals surface area contributed by atoms with Gasteiger partial charge in [0.05, 0.1) is 20.0 Å². The summed E-state index contributed by atoms with van der Waals surface area (Å²) >= 11 is 2.70. The van der Waals surface area contributed by atoms with Crippen LogP contribution in [0.1, 0.15) is 18.9 Å². The summed E-state index contributed by atoms with van der Waals surface area (Å²) in [5, 5.41) is 21.4. The Hall–Kier alpha value is -2.66. The van der Waals surface area contributed by atoms with Crippen molar-refractivity contribution in [3.8, 4) is 22.9 Å². The SMILES string of the molecule is CCc1nnc(NC(=O)CSc2nnc(-c3ccc(OC)c(OC)c3)n2CC)s1. The Kier molecular flexibility index (Phi) is 7.04. The molecule has 0 fully saturated rings. The Morgan fingerprint density at radius 3 is 2.59 bits per heavy atom. The lowest BCUT2D eigenvalue weighted by Gasteiger charge is -2.10. The lowest BCUT2D eigenvalue weighted by Crippen LogP contribution is -2.14. The number of nitrogens with zero attached hydrogens (tertiary/aromatic N) is 5. The second-order valence-corrected chi connectivity index (χ2v) is 7.82. The van der Waals surface area contributed by atoms with E-state index in [2.05, 4.69) is 25.7 Å². The van der Waals surface area contributed by atoms with Gasteiger partial charge in [0.1, 0.15) is 5.01 Å². The van der Waals surface area contributed by atoms with E-state index >= 15 is 0 Å². The summed E-state index contributed by atoms with van der Waals surface area (Å²) < 4.78 is 12.6. The maximum Gasteiger partial charge on any atom is 0.236 e. The van der Waals surface area contributed by atoms with E-state index in [4.69, 9.17) is 9.47 Å². The zero-order valence-corrected chi connectivity index (χ0v) is 18.3. The van der Waals surface area contributed by atoms with Crippen molar-refractivity contribution < 1.29 is 14.3 Å². The molecule has 154 valence electrons. The predicted octanol–water partition coefficient (Wildman–Crippen LogP) is 3.13. The van der Waals surface area contributed by atoms with Crippen LogP contribution in [0, 0.1) is 0 Å². The number of aryl methyl sites for hydroxylation is 1. The van der Waals surface area contributed by atoms with E-state index < -0.39 is 0 Å². The summed E-state index contributed by atoms with van der Waals surface area (Å²) in [6.07, 6.45) is 0.792. The number of ether oxygens (including phenoxy) is 2. The molecule has 0 aliphatic carbocycles. The van der Waals surface area contributed by atoms with Gasteiger partial charge < -0.3 is 14.0 Å². The summed E-state index contributed by atoms with van der Waals surface area (Å²) in [4.78, 5) is 12.2. The first-order valence-corrected chi connectivity index (χ1v) is 10.8. The molecule has 1 amide bonds. The highest BCUT2D eigenvalue weighted by atomic mass is 32.2. The zero-order chi connectivity index (χ0) is 20.8. The van der Waals surface area contributed by atoms with Crippen LogP contribution in [0.4, 0.5) is 5.13 Å². The van der Waals surface area contributed by atoms with Gasteiger partial charge in [-0.3, -0.25) is 10.1 Å². The fourth-order valence-corrected chi connectivity index (χ4v) is 4.10. The minimum Gasteiger partial charge on any atom is -0.493 e. The number of rotatable bonds is 9. The van der Waals surface area contributed by atoms with Gasteiger partial charge >= 0.3 is 0 Å². The Morgan fingerprint density at radius 2 is 1.93 bits per heavy atom. The molecule has 3 aromatic rings. The highest BCUT2D eigenvalue weighted by Crippen LogP contribution is 2.32. The third kappa shape index (κ3) is 4.85. The van der Waals surface area contributed by atoms with E-state index in [0.29, 0.717) is 34.2 Å². The van der Waals surface area contributed by atoms with E-state index in [-0.39, 0.29) is 11.7 Å².